The molecule has 0 rings (SSSR count). The summed E-state index contributed by atoms with van der Waals surface area (Å²) in [4.78, 5) is 46.2. The van der Waals surface area contributed by atoms with Crippen LogP contribution in [0.15, 0.2) is 0 Å². The molecular formula is C12H21N3O5. The summed E-state index contributed by atoms with van der Waals surface area (Å²) in [6.45, 7) is 3.10. The Morgan fingerprint density at radius 1 is 1.10 bits per heavy atom. The third kappa shape index (κ3) is 7.34. The van der Waals surface area contributed by atoms with E-state index in [0.29, 0.717) is 0 Å². The molecule has 0 bridgehead atoms. The topological polar surface area (TPSA) is 116 Å². The molecule has 20 heavy (non-hydrogen) atoms. The zero-order chi connectivity index (χ0) is 15.9. The number of nitrogens with zero attached hydrogens (tertiary/aromatic N) is 1. The van der Waals surface area contributed by atoms with E-state index in [9.17, 15) is 19.2 Å². The number of nitrogens with one attached hydrogen (secondary N) is 2. The average molecular weight is 287 g/mol. The second kappa shape index (κ2) is 8.13. The molecule has 0 saturated carbocycles. The smallest absolute Gasteiger partial charge is 0.322 e. The molecule has 2 unspecified atom stereocenters. The number of rotatable bonds is 6. The lowest BCUT2D eigenvalue weighted by Gasteiger charge is -2.18. The first-order valence-electron chi connectivity index (χ1n) is 6.16. The molecule has 8 nitrogen and oxygen atoms in total. The van der Waals surface area contributed by atoms with Crippen LogP contribution in [0.2, 0.25) is 0 Å². The summed E-state index contributed by atoms with van der Waals surface area (Å²) >= 11 is 0. The van der Waals surface area contributed by atoms with Crippen molar-refractivity contribution in [1.82, 2.24) is 15.5 Å². The van der Waals surface area contributed by atoms with E-state index in [-0.39, 0.29) is 24.7 Å². The Morgan fingerprint density at radius 3 is 2.10 bits per heavy atom. The van der Waals surface area contributed by atoms with E-state index in [2.05, 4.69) is 10.6 Å². The molecule has 0 aliphatic heterocycles. The Balaban J connectivity index is 4.17. The van der Waals surface area contributed by atoms with Crippen LogP contribution in [0.1, 0.15) is 26.7 Å². The Hall–Kier alpha value is -2.12. The third-order valence-corrected chi connectivity index (χ3v) is 2.47. The number of hydrogen-bond acceptors (Lipinski definition) is 4. The van der Waals surface area contributed by atoms with Gasteiger partial charge < -0.3 is 15.3 Å². The lowest BCUT2D eigenvalue weighted by Crippen LogP contribution is -2.49. The number of carboxylic acid groups (broad SMARTS) is 1. The molecule has 0 aromatic carbocycles. The van der Waals surface area contributed by atoms with Gasteiger partial charge in [-0.1, -0.05) is 6.92 Å². The molecule has 0 radical (unpaired) electrons. The first-order valence-corrected chi connectivity index (χ1v) is 6.16. The number of carbonyl (C=O) groups is 4. The van der Waals surface area contributed by atoms with Gasteiger partial charge in [0.1, 0.15) is 6.04 Å². The van der Waals surface area contributed by atoms with Crippen molar-refractivity contribution in [3.05, 3.63) is 0 Å². The standard InChI is InChI=1S/C12H21N3O5/c1-7(6-10(17)18)5-9(16)14-12(20)13-8(2)11(19)15(3)4/h7-8H,5-6H2,1-4H3,(H,17,18)(H2,13,14,16,20). The lowest BCUT2D eigenvalue weighted by atomic mass is 10.0. The largest absolute Gasteiger partial charge is 0.481 e. The Morgan fingerprint density at radius 2 is 1.65 bits per heavy atom. The third-order valence-electron chi connectivity index (χ3n) is 2.47. The first-order chi connectivity index (χ1) is 9.13. The van der Waals surface area contributed by atoms with Gasteiger partial charge in [-0.2, -0.15) is 0 Å². The highest BCUT2D eigenvalue weighted by Crippen LogP contribution is 2.06. The van der Waals surface area contributed by atoms with Crippen molar-refractivity contribution in [2.75, 3.05) is 14.1 Å². The summed E-state index contributed by atoms with van der Waals surface area (Å²) in [5.74, 6) is -2.26. The van der Waals surface area contributed by atoms with Crippen LogP contribution in [0.4, 0.5) is 4.79 Å². The van der Waals surface area contributed by atoms with Crippen molar-refractivity contribution in [1.29, 1.82) is 0 Å². The summed E-state index contributed by atoms with van der Waals surface area (Å²) in [5.41, 5.74) is 0. The number of hydrogen-bond donors (Lipinski definition) is 3. The van der Waals surface area contributed by atoms with E-state index in [4.69, 9.17) is 5.11 Å². The van der Waals surface area contributed by atoms with Gasteiger partial charge in [-0.3, -0.25) is 19.7 Å². The van der Waals surface area contributed by atoms with Crippen molar-refractivity contribution >= 4 is 23.8 Å². The molecule has 0 aromatic rings. The molecule has 2 atom stereocenters. The van der Waals surface area contributed by atoms with Gasteiger partial charge in [0.15, 0.2) is 0 Å². The molecule has 0 aliphatic rings. The van der Waals surface area contributed by atoms with E-state index in [0.717, 1.165) is 0 Å². The van der Waals surface area contributed by atoms with Gasteiger partial charge in [0.05, 0.1) is 0 Å². The van der Waals surface area contributed by atoms with E-state index in [1.165, 1.54) is 11.8 Å². The number of carboxylic acids is 1. The van der Waals surface area contributed by atoms with E-state index >= 15 is 0 Å². The van der Waals surface area contributed by atoms with Crippen LogP contribution in [0.25, 0.3) is 0 Å². The van der Waals surface area contributed by atoms with Gasteiger partial charge in [-0.25, -0.2) is 4.79 Å². The van der Waals surface area contributed by atoms with Gasteiger partial charge >= 0.3 is 12.0 Å². The van der Waals surface area contributed by atoms with Crippen LogP contribution in [-0.4, -0.2) is 54.0 Å². The highest BCUT2D eigenvalue weighted by Gasteiger charge is 2.19. The number of aliphatic carboxylic acids is 1. The van der Waals surface area contributed by atoms with Crippen molar-refractivity contribution in [2.45, 2.75) is 32.7 Å². The number of amides is 4. The molecule has 0 aliphatic carbocycles. The highest BCUT2D eigenvalue weighted by molar-refractivity contribution is 5.96. The normalized spacial score (nSPS) is 13.0. The van der Waals surface area contributed by atoms with Crippen molar-refractivity contribution in [3.8, 4) is 0 Å². The maximum absolute atomic E-state index is 11.5. The molecule has 3 N–H and O–H groups in total. The van der Waals surface area contributed by atoms with E-state index < -0.39 is 23.9 Å². The van der Waals surface area contributed by atoms with Gasteiger partial charge in [0.2, 0.25) is 11.8 Å². The summed E-state index contributed by atoms with van der Waals surface area (Å²) in [6.07, 6.45) is -0.222. The van der Waals surface area contributed by atoms with Gasteiger partial charge in [0.25, 0.3) is 0 Å². The van der Waals surface area contributed by atoms with Crippen LogP contribution < -0.4 is 10.6 Å². The van der Waals surface area contributed by atoms with Crippen molar-refractivity contribution in [3.63, 3.8) is 0 Å². The molecule has 0 spiro atoms. The maximum atomic E-state index is 11.5. The van der Waals surface area contributed by atoms with E-state index in [1.54, 1.807) is 21.0 Å². The summed E-state index contributed by atoms with van der Waals surface area (Å²) < 4.78 is 0. The summed E-state index contributed by atoms with van der Waals surface area (Å²) in [5, 5.41) is 12.9. The van der Waals surface area contributed by atoms with Gasteiger partial charge in [-0.15, -0.1) is 0 Å². The predicted octanol–water partition coefficient (Wildman–Crippen LogP) is -0.210. The highest BCUT2D eigenvalue weighted by atomic mass is 16.4. The molecule has 0 heterocycles. The van der Waals surface area contributed by atoms with Crippen LogP contribution in [0, 0.1) is 5.92 Å². The Labute approximate surface area is 117 Å². The Kier molecular flexibility index (Phi) is 7.27. The number of likely N-dealkylation sites (N-methyl/N-ethyl adjacent to an activating group) is 1. The van der Waals surface area contributed by atoms with Gasteiger partial charge in [-0.05, 0) is 12.8 Å². The number of urea groups is 1. The summed E-state index contributed by atoms with van der Waals surface area (Å²) in [6, 6.07) is -1.53. The number of carbonyl (C=O) groups excluding carboxylic acids is 3. The first kappa shape index (κ1) is 17.9. The van der Waals surface area contributed by atoms with Gasteiger partial charge in [0, 0.05) is 26.9 Å². The fourth-order valence-electron chi connectivity index (χ4n) is 1.55. The van der Waals surface area contributed by atoms with Crippen molar-refractivity contribution < 1.29 is 24.3 Å². The van der Waals surface area contributed by atoms with Crippen LogP contribution in [0.3, 0.4) is 0 Å². The molecular weight excluding hydrogens is 266 g/mol. The lowest BCUT2D eigenvalue weighted by molar-refractivity contribution is -0.138. The predicted molar refractivity (Wildman–Crippen MR) is 70.9 cm³/mol. The second-order valence-electron chi connectivity index (χ2n) is 4.88. The van der Waals surface area contributed by atoms with Crippen molar-refractivity contribution in [2.24, 2.45) is 5.92 Å². The minimum absolute atomic E-state index is 0.0737. The van der Waals surface area contributed by atoms with Crippen LogP contribution in [-0.2, 0) is 14.4 Å². The zero-order valence-corrected chi connectivity index (χ0v) is 12.1. The fourth-order valence-corrected chi connectivity index (χ4v) is 1.55. The molecule has 114 valence electrons. The maximum Gasteiger partial charge on any atom is 0.322 e. The van der Waals surface area contributed by atoms with Crippen LogP contribution >= 0.6 is 0 Å². The SMILES string of the molecule is CC(CC(=O)O)CC(=O)NC(=O)NC(C)C(=O)N(C)C. The molecule has 8 heteroatoms. The molecule has 4 amide bonds. The quantitative estimate of drug-likeness (QED) is 0.625. The monoisotopic (exact) mass is 287 g/mol. The average Bonchev–Trinajstić information content (AvgIpc) is 2.25. The molecule has 0 aromatic heterocycles. The Bertz CT molecular complexity index is 395. The summed E-state index contributed by atoms with van der Waals surface area (Å²) in [7, 11) is 3.11. The molecule has 0 saturated heterocycles. The van der Waals surface area contributed by atoms with E-state index in [1.807, 2.05) is 0 Å². The molecule has 0 fully saturated rings. The van der Waals surface area contributed by atoms with Crippen LogP contribution in [0.5, 0.6) is 0 Å². The zero-order valence-electron chi connectivity index (χ0n) is 12.1. The second-order valence-corrected chi connectivity index (χ2v) is 4.88. The number of imide groups is 1. The fraction of sp³-hybridized carbons (Fsp3) is 0.667. The minimum Gasteiger partial charge on any atom is -0.481 e. The minimum atomic E-state index is -1.00.